The minimum Gasteiger partial charge on any atom is -0.356 e. The van der Waals surface area contributed by atoms with Gasteiger partial charge in [-0.3, -0.25) is 4.99 Å². The quantitative estimate of drug-likeness (QED) is 0.306. The number of nitrogens with one attached hydrogen (secondary N) is 1. The Morgan fingerprint density at radius 3 is 2.78 bits per heavy atom. The number of aliphatic imine (C=N–C) groups is 1. The Morgan fingerprint density at radius 1 is 1.39 bits per heavy atom. The van der Waals surface area contributed by atoms with Crippen LogP contribution >= 0.6 is 11.3 Å². The molecule has 0 saturated carbocycles. The van der Waals surface area contributed by atoms with Gasteiger partial charge in [-0.05, 0) is 32.6 Å². The highest BCUT2D eigenvalue weighted by molar-refractivity contribution is 7.11. The Bertz CT molecular complexity index is 493. The first kappa shape index (κ1) is 19.7. The van der Waals surface area contributed by atoms with E-state index in [1.165, 1.54) is 34.8 Å². The number of rotatable bonds is 10. The summed E-state index contributed by atoms with van der Waals surface area (Å²) >= 11 is 1.82. The lowest BCUT2D eigenvalue weighted by Crippen LogP contribution is -2.40. The van der Waals surface area contributed by atoms with Gasteiger partial charge >= 0.3 is 0 Å². The van der Waals surface area contributed by atoms with Crippen molar-refractivity contribution in [3.63, 3.8) is 0 Å². The molecule has 0 saturated heterocycles. The maximum atomic E-state index is 4.69. The molecule has 0 bridgehead atoms. The second-order valence-corrected chi connectivity index (χ2v) is 7.04. The lowest BCUT2D eigenvalue weighted by Gasteiger charge is -2.21. The Balaban J connectivity index is 2.31. The fourth-order valence-corrected chi connectivity index (χ4v) is 3.53. The van der Waals surface area contributed by atoms with E-state index in [0.717, 1.165) is 38.3 Å². The van der Waals surface area contributed by atoms with Crippen molar-refractivity contribution < 1.29 is 0 Å². The summed E-state index contributed by atoms with van der Waals surface area (Å²) in [6.45, 7) is 10.00. The van der Waals surface area contributed by atoms with E-state index in [1.807, 2.05) is 24.5 Å². The van der Waals surface area contributed by atoms with Gasteiger partial charge in [-0.25, -0.2) is 4.98 Å². The summed E-state index contributed by atoms with van der Waals surface area (Å²) in [6, 6.07) is 0. The molecule has 0 unspecified atom stereocenters. The van der Waals surface area contributed by atoms with Gasteiger partial charge in [-0.1, -0.05) is 19.4 Å². The third kappa shape index (κ3) is 7.16. The van der Waals surface area contributed by atoms with E-state index >= 15 is 0 Å². The van der Waals surface area contributed by atoms with E-state index in [-0.39, 0.29) is 0 Å². The van der Waals surface area contributed by atoms with Crippen LogP contribution in [0.3, 0.4) is 0 Å². The second-order valence-electron chi connectivity index (χ2n) is 5.75. The number of guanidine groups is 1. The van der Waals surface area contributed by atoms with Gasteiger partial charge in [-0.15, -0.1) is 17.9 Å². The molecule has 0 atom stereocenters. The fourth-order valence-electron chi connectivity index (χ4n) is 2.51. The molecule has 1 aromatic heterocycles. The van der Waals surface area contributed by atoms with E-state index < -0.39 is 0 Å². The molecule has 4 nitrogen and oxygen atoms in total. The van der Waals surface area contributed by atoms with Crippen molar-refractivity contribution in [2.24, 2.45) is 4.99 Å². The smallest absolute Gasteiger partial charge is 0.193 e. The molecule has 130 valence electrons. The third-order valence-electron chi connectivity index (χ3n) is 3.87. The average Bonchev–Trinajstić information content (AvgIpc) is 2.91. The summed E-state index contributed by atoms with van der Waals surface area (Å²) in [5.41, 5.74) is 1.24. The molecular formula is C18H32N4S. The zero-order valence-corrected chi connectivity index (χ0v) is 16.0. The first-order valence-electron chi connectivity index (χ1n) is 8.60. The molecule has 0 aliphatic carbocycles. The predicted molar refractivity (Wildman–Crippen MR) is 103 cm³/mol. The second kappa shape index (κ2) is 11.2. The standard InChI is InChI=1S/C18H32N4S/c1-6-8-9-10-11-14-22(5)18(19-4)20-13-12-17-21-16(7-2)15(3)23-17/h6H,1,7-14H2,2-5H3,(H,19,20). The molecule has 0 amide bonds. The van der Waals surface area contributed by atoms with Crippen LogP contribution in [0.25, 0.3) is 0 Å². The van der Waals surface area contributed by atoms with Gasteiger partial charge in [0, 0.05) is 38.5 Å². The van der Waals surface area contributed by atoms with Gasteiger partial charge in [0.1, 0.15) is 0 Å². The lowest BCUT2D eigenvalue weighted by atomic mass is 10.2. The fraction of sp³-hybridized carbons (Fsp3) is 0.667. The molecule has 23 heavy (non-hydrogen) atoms. The minimum absolute atomic E-state index is 0.879. The summed E-state index contributed by atoms with van der Waals surface area (Å²) in [5.74, 6) is 0.970. The lowest BCUT2D eigenvalue weighted by molar-refractivity contribution is 0.455. The molecule has 5 heteroatoms. The van der Waals surface area contributed by atoms with Gasteiger partial charge in [0.25, 0.3) is 0 Å². The van der Waals surface area contributed by atoms with Crippen molar-refractivity contribution >= 4 is 17.3 Å². The molecule has 0 fully saturated rings. The molecule has 1 N–H and O–H groups in total. The zero-order chi connectivity index (χ0) is 17.1. The van der Waals surface area contributed by atoms with Crippen molar-refractivity contribution in [3.8, 4) is 0 Å². The third-order valence-corrected chi connectivity index (χ3v) is 4.94. The van der Waals surface area contributed by atoms with Crippen LogP contribution in [0.15, 0.2) is 17.6 Å². The maximum absolute atomic E-state index is 4.69. The largest absolute Gasteiger partial charge is 0.356 e. The molecular weight excluding hydrogens is 304 g/mol. The number of hydrogen-bond acceptors (Lipinski definition) is 3. The molecule has 1 heterocycles. The number of allylic oxidation sites excluding steroid dienone is 1. The summed E-state index contributed by atoms with van der Waals surface area (Å²) in [4.78, 5) is 12.6. The molecule has 0 aliphatic heterocycles. The van der Waals surface area contributed by atoms with Crippen LogP contribution in [0.2, 0.25) is 0 Å². The van der Waals surface area contributed by atoms with Gasteiger partial charge < -0.3 is 10.2 Å². The summed E-state index contributed by atoms with van der Waals surface area (Å²) in [6.07, 6.45) is 8.75. The molecule has 0 spiro atoms. The first-order chi connectivity index (χ1) is 11.1. The molecule has 0 aromatic carbocycles. The van der Waals surface area contributed by atoms with Crippen molar-refractivity contribution in [3.05, 3.63) is 28.2 Å². The number of unbranched alkanes of at least 4 members (excludes halogenated alkanes) is 3. The topological polar surface area (TPSA) is 40.5 Å². The first-order valence-corrected chi connectivity index (χ1v) is 9.41. The van der Waals surface area contributed by atoms with Crippen LogP contribution < -0.4 is 5.32 Å². The van der Waals surface area contributed by atoms with E-state index in [0.29, 0.717) is 0 Å². The minimum atomic E-state index is 0.879. The van der Waals surface area contributed by atoms with Crippen molar-refractivity contribution in [2.75, 3.05) is 27.2 Å². The summed E-state index contributed by atoms with van der Waals surface area (Å²) < 4.78 is 0. The monoisotopic (exact) mass is 336 g/mol. The van der Waals surface area contributed by atoms with E-state index in [1.54, 1.807) is 0 Å². The van der Waals surface area contributed by atoms with Crippen molar-refractivity contribution in [2.45, 2.75) is 52.4 Å². The van der Waals surface area contributed by atoms with Crippen molar-refractivity contribution in [1.29, 1.82) is 0 Å². The van der Waals surface area contributed by atoms with Crippen LogP contribution in [-0.2, 0) is 12.8 Å². The van der Waals surface area contributed by atoms with Crippen LogP contribution in [0, 0.1) is 6.92 Å². The zero-order valence-electron chi connectivity index (χ0n) is 15.2. The molecule has 0 radical (unpaired) electrons. The van der Waals surface area contributed by atoms with E-state index in [9.17, 15) is 0 Å². The van der Waals surface area contributed by atoms with E-state index in [4.69, 9.17) is 4.98 Å². The van der Waals surface area contributed by atoms with Gasteiger partial charge in [-0.2, -0.15) is 0 Å². The van der Waals surface area contributed by atoms with Gasteiger partial charge in [0.15, 0.2) is 5.96 Å². The highest BCUT2D eigenvalue weighted by Gasteiger charge is 2.08. The average molecular weight is 337 g/mol. The van der Waals surface area contributed by atoms with Gasteiger partial charge in [0.05, 0.1) is 10.7 Å². The maximum Gasteiger partial charge on any atom is 0.193 e. The number of nitrogens with zero attached hydrogens (tertiary/aromatic N) is 3. The summed E-state index contributed by atoms with van der Waals surface area (Å²) in [5, 5.41) is 4.66. The Labute approximate surface area is 145 Å². The van der Waals surface area contributed by atoms with Crippen molar-refractivity contribution in [1.82, 2.24) is 15.2 Å². The number of thiazole rings is 1. The molecule has 1 rings (SSSR count). The predicted octanol–water partition coefficient (Wildman–Crippen LogP) is 3.81. The van der Waals surface area contributed by atoms with Crippen LogP contribution in [0.4, 0.5) is 0 Å². The molecule has 0 aliphatic rings. The molecule has 1 aromatic rings. The highest BCUT2D eigenvalue weighted by Crippen LogP contribution is 2.17. The van der Waals surface area contributed by atoms with Crippen LogP contribution in [0.1, 0.15) is 48.2 Å². The number of hydrogen-bond donors (Lipinski definition) is 1. The van der Waals surface area contributed by atoms with E-state index in [2.05, 4.69) is 42.7 Å². The Kier molecular flexibility index (Phi) is 9.60. The number of aryl methyl sites for hydroxylation is 2. The van der Waals surface area contributed by atoms with Gasteiger partial charge in [0.2, 0.25) is 0 Å². The normalized spacial score (nSPS) is 11.6. The Hall–Kier alpha value is -1.36. The SMILES string of the molecule is C=CCCCCCN(C)C(=NC)NCCc1nc(CC)c(C)s1. The van der Waals surface area contributed by atoms with Crippen LogP contribution in [0.5, 0.6) is 0 Å². The summed E-state index contributed by atoms with van der Waals surface area (Å²) in [7, 11) is 3.95. The Morgan fingerprint density at radius 2 is 2.17 bits per heavy atom. The highest BCUT2D eigenvalue weighted by atomic mass is 32.1. The number of aromatic nitrogens is 1. The van der Waals surface area contributed by atoms with Crippen LogP contribution in [-0.4, -0.2) is 43.0 Å².